The molecule has 0 saturated carbocycles. The van der Waals surface area contributed by atoms with Gasteiger partial charge in [0.15, 0.2) is 0 Å². The molecule has 1 N–H and O–H groups in total. The lowest BCUT2D eigenvalue weighted by Crippen LogP contribution is -2.16. The van der Waals surface area contributed by atoms with E-state index in [1.807, 2.05) is 12.3 Å². The Hall–Kier alpha value is -1.50. The van der Waals surface area contributed by atoms with Gasteiger partial charge in [0.25, 0.3) is 0 Å². The van der Waals surface area contributed by atoms with E-state index in [1.165, 1.54) is 11.1 Å². The van der Waals surface area contributed by atoms with Gasteiger partial charge in [-0.2, -0.15) is 0 Å². The van der Waals surface area contributed by atoms with Crippen LogP contribution < -0.4 is 5.32 Å². The third-order valence-electron chi connectivity index (χ3n) is 2.52. The molecule has 14 heavy (non-hydrogen) atoms. The summed E-state index contributed by atoms with van der Waals surface area (Å²) in [5.74, 6) is 0. The summed E-state index contributed by atoms with van der Waals surface area (Å²) in [5.41, 5.74) is 2.72. The molecule has 1 heteroatoms. The molecule has 0 aromatic heterocycles. The maximum atomic E-state index is 3.34. The van der Waals surface area contributed by atoms with Crippen molar-refractivity contribution >= 4 is 0 Å². The fourth-order valence-electron chi connectivity index (χ4n) is 1.67. The molecule has 1 aromatic rings. The molecule has 1 atom stereocenters. The van der Waals surface area contributed by atoms with Crippen LogP contribution in [0.15, 0.2) is 54.3 Å². The normalized spacial score (nSPS) is 20.1. The number of hydrogen-bond acceptors (Lipinski definition) is 1. The number of dihydropyridines is 1. The van der Waals surface area contributed by atoms with Crippen molar-refractivity contribution in [3.05, 3.63) is 59.8 Å². The highest BCUT2D eigenvalue weighted by atomic mass is 14.9. The van der Waals surface area contributed by atoms with Crippen LogP contribution >= 0.6 is 0 Å². The van der Waals surface area contributed by atoms with E-state index in [-0.39, 0.29) is 0 Å². The monoisotopic (exact) mass is 185 g/mol. The molecular weight excluding hydrogens is 170 g/mol. The zero-order chi connectivity index (χ0) is 9.80. The van der Waals surface area contributed by atoms with Crippen molar-refractivity contribution in [1.29, 1.82) is 0 Å². The fraction of sp³-hybridized carbons (Fsp3) is 0.231. The second-order valence-corrected chi connectivity index (χ2v) is 3.48. The van der Waals surface area contributed by atoms with E-state index in [0.29, 0.717) is 6.04 Å². The van der Waals surface area contributed by atoms with Crippen LogP contribution in [-0.2, 0) is 0 Å². The Kier molecular flexibility index (Phi) is 2.68. The van der Waals surface area contributed by atoms with E-state index < -0.39 is 0 Å². The van der Waals surface area contributed by atoms with Crippen molar-refractivity contribution in [1.82, 2.24) is 5.32 Å². The van der Waals surface area contributed by atoms with E-state index in [0.717, 1.165) is 6.42 Å². The van der Waals surface area contributed by atoms with E-state index in [9.17, 15) is 0 Å². The molecule has 0 saturated heterocycles. The maximum Gasteiger partial charge on any atom is 0.0698 e. The van der Waals surface area contributed by atoms with Gasteiger partial charge in [0.2, 0.25) is 0 Å². The summed E-state index contributed by atoms with van der Waals surface area (Å²) < 4.78 is 0. The molecule has 1 aliphatic heterocycles. The zero-order valence-corrected chi connectivity index (χ0v) is 8.40. The van der Waals surface area contributed by atoms with Crippen LogP contribution in [-0.4, -0.2) is 0 Å². The van der Waals surface area contributed by atoms with Gasteiger partial charge < -0.3 is 5.32 Å². The van der Waals surface area contributed by atoms with Crippen LogP contribution in [0.4, 0.5) is 0 Å². The van der Waals surface area contributed by atoms with Crippen LogP contribution in [0.1, 0.15) is 24.9 Å². The molecular formula is C13H15N. The smallest absolute Gasteiger partial charge is 0.0698 e. The van der Waals surface area contributed by atoms with Gasteiger partial charge in [0.05, 0.1) is 6.04 Å². The minimum Gasteiger partial charge on any atom is -0.381 e. The summed E-state index contributed by atoms with van der Waals surface area (Å²) in [5, 5.41) is 3.34. The summed E-state index contributed by atoms with van der Waals surface area (Å²) in [7, 11) is 0. The topological polar surface area (TPSA) is 12.0 Å². The van der Waals surface area contributed by atoms with Gasteiger partial charge in [0, 0.05) is 0 Å². The second-order valence-electron chi connectivity index (χ2n) is 3.48. The SMILES string of the molecule is CCC1=CC(c2ccccc2)NC=C1. The van der Waals surface area contributed by atoms with Crippen LogP contribution in [0.5, 0.6) is 0 Å². The van der Waals surface area contributed by atoms with Crippen molar-refractivity contribution in [2.24, 2.45) is 0 Å². The van der Waals surface area contributed by atoms with E-state index >= 15 is 0 Å². The molecule has 2 rings (SSSR count). The number of benzene rings is 1. The predicted molar refractivity (Wildman–Crippen MR) is 59.8 cm³/mol. The van der Waals surface area contributed by atoms with Gasteiger partial charge in [-0.3, -0.25) is 0 Å². The molecule has 0 fully saturated rings. The van der Waals surface area contributed by atoms with Crippen molar-refractivity contribution in [2.45, 2.75) is 19.4 Å². The first-order valence-electron chi connectivity index (χ1n) is 5.08. The lowest BCUT2D eigenvalue weighted by molar-refractivity contribution is 0.734. The molecule has 72 valence electrons. The first kappa shape index (κ1) is 9.07. The van der Waals surface area contributed by atoms with Crippen LogP contribution in [0.25, 0.3) is 0 Å². The first-order valence-corrected chi connectivity index (χ1v) is 5.08. The van der Waals surface area contributed by atoms with Gasteiger partial charge in [-0.05, 0) is 29.8 Å². The Labute approximate surface area is 85.2 Å². The molecule has 0 radical (unpaired) electrons. The largest absolute Gasteiger partial charge is 0.381 e. The van der Waals surface area contributed by atoms with E-state index in [2.05, 4.69) is 48.7 Å². The van der Waals surface area contributed by atoms with Crippen LogP contribution in [0.3, 0.4) is 0 Å². The zero-order valence-electron chi connectivity index (χ0n) is 8.40. The summed E-state index contributed by atoms with van der Waals surface area (Å²) in [6, 6.07) is 10.9. The summed E-state index contributed by atoms with van der Waals surface area (Å²) in [6.45, 7) is 2.18. The number of hydrogen-bond donors (Lipinski definition) is 1. The Morgan fingerprint density at radius 2 is 2.00 bits per heavy atom. The lowest BCUT2D eigenvalue weighted by Gasteiger charge is -2.18. The van der Waals surface area contributed by atoms with Crippen molar-refractivity contribution in [3.63, 3.8) is 0 Å². The quantitative estimate of drug-likeness (QED) is 0.746. The molecule has 0 amide bonds. The molecule has 0 aliphatic carbocycles. The minimum absolute atomic E-state index is 0.344. The number of allylic oxidation sites excluding steroid dienone is 2. The summed E-state index contributed by atoms with van der Waals surface area (Å²) in [4.78, 5) is 0. The van der Waals surface area contributed by atoms with Crippen LogP contribution in [0.2, 0.25) is 0 Å². The molecule has 1 aliphatic rings. The standard InChI is InChI=1S/C13H15N/c1-2-11-8-9-14-13(10-11)12-6-4-3-5-7-12/h3-10,13-14H,2H2,1H3. The minimum atomic E-state index is 0.344. The molecule has 1 aromatic carbocycles. The van der Waals surface area contributed by atoms with E-state index in [4.69, 9.17) is 0 Å². The fourth-order valence-corrected chi connectivity index (χ4v) is 1.67. The Morgan fingerprint density at radius 1 is 1.21 bits per heavy atom. The van der Waals surface area contributed by atoms with Gasteiger partial charge in [-0.25, -0.2) is 0 Å². The Bertz CT molecular complexity index is 349. The van der Waals surface area contributed by atoms with Gasteiger partial charge in [0.1, 0.15) is 0 Å². The highest BCUT2D eigenvalue weighted by Gasteiger charge is 2.08. The van der Waals surface area contributed by atoms with Crippen molar-refractivity contribution < 1.29 is 0 Å². The Balaban J connectivity index is 2.21. The average Bonchev–Trinajstić information content (AvgIpc) is 2.30. The summed E-state index contributed by atoms with van der Waals surface area (Å²) in [6.07, 6.45) is 7.56. The maximum absolute atomic E-state index is 3.34. The van der Waals surface area contributed by atoms with Gasteiger partial charge in [-0.1, -0.05) is 43.3 Å². The summed E-state index contributed by atoms with van der Waals surface area (Å²) >= 11 is 0. The number of nitrogens with one attached hydrogen (secondary N) is 1. The van der Waals surface area contributed by atoms with Crippen molar-refractivity contribution in [3.8, 4) is 0 Å². The lowest BCUT2D eigenvalue weighted by atomic mass is 10.0. The molecule has 0 bridgehead atoms. The third kappa shape index (κ3) is 1.87. The second kappa shape index (κ2) is 4.14. The van der Waals surface area contributed by atoms with E-state index in [1.54, 1.807) is 0 Å². The number of rotatable bonds is 2. The predicted octanol–water partition coefficient (Wildman–Crippen LogP) is 3.18. The molecule has 1 nitrogen and oxygen atoms in total. The molecule has 1 heterocycles. The average molecular weight is 185 g/mol. The highest BCUT2D eigenvalue weighted by molar-refractivity contribution is 5.31. The molecule has 0 spiro atoms. The van der Waals surface area contributed by atoms with Crippen LogP contribution in [0, 0.1) is 0 Å². The highest BCUT2D eigenvalue weighted by Crippen LogP contribution is 2.20. The molecule has 1 unspecified atom stereocenters. The third-order valence-corrected chi connectivity index (χ3v) is 2.52. The van der Waals surface area contributed by atoms with Gasteiger partial charge in [-0.15, -0.1) is 0 Å². The Morgan fingerprint density at radius 3 is 2.71 bits per heavy atom. The van der Waals surface area contributed by atoms with Gasteiger partial charge >= 0.3 is 0 Å². The first-order chi connectivity index (χ1) is 6.90. The van der Waals surface area contributed by atoms with Crippen molar-refractivity contribution in [2.75, 3.05) is 0 Å².